The molecule has 0 saturated carbocycles. The Morgan fingerprint density at radius 1 is 1.24 bits per heavy atom. The summed E-state index contributed by atoms with van der Waals surface area (Å²) in [5.74, 6) is -0.726. The summed E-state index contributed by atoms with van der Waals surface area (Å²) in [6.45, 7) is 1.69. The van der Waals surface area contributed by atoms with E-state index in [1.807, 2.05) is 36.4 Å². The molecular formula is C25H28N4O5. The van der Waals surface area contributed by atoms with Crippen LogP contribution >= 0.6 is 0 Å². The van der Waals surface area contributed by atoms with E-state index in [0.29, 0.717) is 56.7 Å². The molecule has 2 aromatic carbocycles. The maximum atomic E-state index is 12.6. The average Bonchev–Trinajstić information content (AvgIpc) is 3.17. The van der Waals surface area contributed by atoms with E-state index < -0.39 is 17.3 Å². The highest BCUT2D eigenvalue weighted by Crippen LogP contribution is 2.25. The van der Waals surface area contributed by atoms with Gasteiger partial charge in [-0.1, -0.05) is 30.3 Å². The van der Waals surface area contributed by atoms with Crippen molar-refractivity contribution in [1.82, 2.24) is 9.88 Å². The number of ether oxygens (including phenoxy) is 2. The number of carbonyl (C=O) groups is 1. The van der Waals surface area contributed by atoms with Crippen LogP contribution in [0.1, 0.15) is 18.4 Å². The number of nitrogens with one attached hydrogen (secondary N) is 1. The first-order valence-electron chi connectivity index (χ1n) is 11.2. The van der Waals surface area contributed by atoms with Gasteiger partial charge in [0.1, 0.15) is 6.04 Å². The fourth-order valence-corrected chi connectivity index (χ4v) is 4.10. The third-order valence-electron chi connectivity index (χ3n) is 6.21. The topological polar surface area (TPSA) is 133 Å². The lowest BCUT2D eigenvalue weighted by molar-refractivity contribution is -0.130. The smallest absolute Gasteiger partial charge is 0.408 e. The van der Waals surface area contributed by atoms with Crippen LogP contribution in [0.15, 0.2) is 51.7 Å². The molecule has 0 unspecified atom stereocenters. The summed E-state index contributed by atoms with van der Waals surface area (Å²) in [6.07, 6.45) is 1.24. The van der Waals surface area contributed by atoms with E-state index in [1.54, 1.807) is 17.7 Å². The lowest BCUT2D eigenvalue weighted by Crippen LogP contribution is -2.58. The second-order valence-electron chi connectivity index (χ2n) is 8.52. The van der Waals surface area contributed by atoms with Gasteiger partial charge < -0.3 is 24.9 Å². The Hall–Kier alpha value is -3.45. The summed E-state index contributed by atoms with van der Waals surface area (Å²) in [7, 11) is 1.58. The lowest BCUT2D eigenvalue weighted by atomic mass is 9.90. The Labute approximate surface area is 197 Å². The number of benzene rings is 2. The maximum Gasteiger partial charge on any atom is 0.420 e. The monoisotopic (exact) mass is 464 g/mol. The number of hydrogen-bond donors (Lipinski definition) is 2. The van der Waals surface area contributed by atoms with Crippen LogP contribution in [-0.2, 0) is 27.2 Å². The zero-order chi connectivity index (χ0) is 24.1. The third-order valence-corrected chi connectivity index (χ3v) is 6.21. The molecule has 4 rings (SSSR count). The highest BCUT2D eigenvalue weighted by molar-refractivity contribution is 5.86. The minimum absolute atomic E-state index is 0.313. The molecule has 1 amide bonds. The largest absolute Gasteiger partial charge is 0.420 e. The number of amides is 1. The Morgan fingerprint density at radius 2 is 1.94 bits per heavy atom. The normalized spacial score (nSPS) is 16.1. The molecule has 3 N–H and O–H groups in total. The summed E-state index contributed by atoms with van der Waals surface area (Å²) in [4.78, 5) is 24.8. The zero-order valence-corrected chi connectivity index (χ0v) is 19.1. The number of nitriles is 1. The number of hydrogen-bond acceptors (Lipinski definition) is 7. The van der Waals surface area contributed by atoms with E-state index in [9.17, 15) is 14.9 Å². The average molecular weight is 465 g/mol. The molecule has 178 valence electrons. The van der Waals surface area contributed by atoms with Crippen molar-refractivity contribution in [3.63, 3.8) is 0 Å². The number of rotatable bonds is 8. The molecule has 0 bridgehead atoms. The summed E-state index contributed by atoms with van der Waals surface area (Å²) < 4.78 is 17.2. The van der Waals surface area contributed by atoms with Gasteiger partial charge in [0.05, 0.1) is 30.3 Å². The predicted octanol–water partition coefficient (Wildman–Crippen LogP) is 1.97. The molecule has 0 radical (unpaired) electrons. The number of carbonyl (C=O) groups excluding carboxylic acids is 1. The van der Waals surface area contributed by atoms with Gasteiger partial charge in [0.25, 0.3) is 0 Å². The summed E-state index contributed by atoms with van der Waals surface area (Å²) in [5.41, 5.74) is 9.26. The molecule has 34 heavy (non-hydrogen) atoms. The van der Waals surface area contributed by atoms with Crippen molar-refractivity contribution < 1.29 is 18.7 Å². The summed E-state index contributed by atoms with van der Waals surface area (Å²) in [6, 6.07) is 14.8. The third kappa shape index (κ3) is 5.04. The van der Waals surface area contributed by atoms with Crippen molar-refractivity contribution in [2.45, 2.75) is 37.4 Å². The second-order valence-corrected chi connectivity index (χ2v) is 8.52. The van der Waals surface area contributed by atoms with E-state index >= 15 is 0 Å². The fraction of sp³-hybridized carbons (Fsp3) is 0.400. The zero-order valence-electron chi connectivity index (χ0n) is 19.1. The molecule has 3 aromatic rings. The van der Waals surface area contributed by atoms with E-state index in [4.69, 9.17) is 19.6 Å². The quantitative estimate of drug-likeness (QED) is 0.521. The molecule has 1 aliphatic heterocycles. The molecule has 1 atom stereocenters. The second kappa shape index (κ2) is 10.2. The first-order valence-corrected chi connectivity index (χ1v) is 11.2. The van der Waals surface area contributed by atoms with Gasteiger partial charge in [-0.05, 0) is 41.7 Å². The molecular weight excluding hydrogens is 436 g/mol. The van der Waals surface area contributed by atoms with Crippen LogP contribution in [0, 0.1) is 11.3 Å². The van der Waals surface area contributed by atoms with Gasteiger partial charge >= 0.3 is 5.76 Å². The SMILES string of the molecule is COCCn1c(=O)oc2ccc(-c3ccc(C[C@@H](C#N)NC(=O)C4(N)CCOCC4)cc3)cc21. The number of methoxy groups -OCH3 is 1. The Bertz CT molecular complexity index is 1250. The van der Waals surface area contributed by atoms with Gasteiger partial charge in [-0.2, -0.15) is 5.26 Å². The van der Waals surface area contributed by atoms with Gasteiger partial charge in [-0.15, -0.1) is 0 Å². The summed E-state index contributed by atoms with van der Waals surface area (Å²) in [5, 5.41) is 12.3. The van der Waals surface area contributed by atoms with E-state index in [2.05, 4.69) is 11.4 Å². The molecule has 0 aliphatic carbocycles. The number of oxazole rings is 1. The fourth-order valence-electron chi connectivity index (χ4n) is 4.10. The Balaban J connectivity index is 1.47. The minimum Gasteiger partial charge on any atom is -0.408 e. The van der Waals surface area contributed by atoms with Crippen LogP contribution in [0.2, 0.25) is 0 Å². The highest BCUT2D eigenvalue weighted by atomic mass is 16.5. The highest BCUT2D eigenvalue weighted by Gasteiger charge is 2.36. The number of nitrogens with zero attached hydrogens (tertiary/aromatic N) is 2. The lowest BCUT2D eigenvalue weighted by Gasteiger charge is -2.32. The standard InChI is InChI=1S/C25H28N4O5/c1-32-13-10-29-21-15-19(6-7-22(21)34-24(29)31)18-4-2-17(3-5-18)14-20(16-26)28-23(30)25(27)8-11-33-12-9-25/h2-7,15,20H,8-14,27H2,1H3,(H,28,30)/t20-/m0/s1. The maximum absolute atomic E-state index is 12.6. The van der Waals surface area contributed by atoms with Gasteiger partial charge in [0.2, 0.25) is 5.91 Å². The van der Waals surface area contributed by atoms with Crippen molar-refractivity contribution in [3.8, 4) is 17.2 Å². The van der Waals surface area contributed by atoms with Crippen LogP contribution < -0.4 is 16.8 Å². The van der Waals surface area contributed by atoms with Crippen LogP contribution in [-0.4, -0.2) is 49.0 Å². The number of aromatic nitrogens is 1. The molecule has 1 aliphatic rings. The predicted molar refractivity (Wildman–Crippen MR) is 126 cm³/mol. The van der Waals surface area contributed by atoms with Crippen molar-refractivity contribution >= 4 is 17.0 Å². The first-order chi connectivity index (χ1) is 16.4. The van der Waals surface area contributed by atoms with Gasteiger partial charge in [-0.3, -0.25) is 9.36 Å². The Kier molecular flexibility index (Phi) is 7.12. The van der Waals surface area contributed by atoms with Crippen LogP contribution in [0.25, 0.3) is 22.2 Å². The van der Waals surface area contributed by atoms with E-state index in [0.717, 1.165) is 16.7 Å². The molecule has 1 aromatic heterocycles. The van der Waals surface area contributed by atoms with Crippen LogP contribution in [0.5, 0.6) is 0 Å². The Morgan fingerprint density at radius 3 is 2.62 bits per heavy atom. The number of nitrogens with two attached hydrogens (primary N) is 1. The summed E-state index contributed by atoms with van der Waals surface area (Å²) >= 11 is 0. The van der Waals surface area contributed by atoms with Crippen LogP contribution in [0.4, 0.5) is 0 Å². The molecule has 9 heteroatoms. The van der Waals surface area contributed by atoms with E-state index in [1.165, 1.54) is 0 Å². The molecule has 2 heterocycles. The number of fused-ring (bicyclic) bond motifs is 1. The van der Waals surface area contributed by atoms with Gasteiger partial charge in [0, 0.05) is 26.7 Å². The van der Waals surface area contributed by atoms with Crippen LogP contribution in [0.3, 0.4) is 0 Å². The van der Waals surface area contributed by atoms with Gasteiger partial charge in [-0.25, -0.2) is 4.79 Å². The first kappa shape index (κ1) is 23.7. The van der Waals surface area contributed by atoms with Crippen molar-refractivity contribution in [2.24, 2.45) is 5.73 Å². The molecule has 0 spiro atoms. The molecule has 1 saturated heterocycles. The van der Waals surface area contributed by atoms with E-state index in [-0.39, 0.29) is 5.91 Å². The molecule has 9 nitrogen and oxygen atoms in total. The van der Waals surface area contributed by atoms with Crippen molar-refractivity contribution in [3.05, 3.63) is 58.6 Å². The minimum atomic E-state index is -0.993. The van der Waals surface area contributed by atoms with Gasteiger partial charge in [0.15, 0.2) is 5.58 Å². The van der Waals surface area contributed by atoms with Crippen molar-refractivity contribution in [1.29, 1.82) is 5.26 Å². The molecule has 1 fully saturated rings. The van der Waals surface area contributed by atoms with Crippen molar-refractivity contribution in [2.75, 3.05) is 26.9 Å².